The maximum Gasteiger partial charge on any atom is 0.308 e. The number of rotatable bonds is 11. The van der Waals surface area contributed by atoms with E-state index in [1.807, 2.05) is 18.2 Å². The van der Waals surface area contributed by atoms with E-state index in [4.69, 9.17) is 25.9 Å². The van der Waals surface area contributed by atoms with Gasteiger partial charge in [0.25, 0.3) is 5.91 Å². The van der Waals surface area contributed by atoms with Gasteiger partial charge in [-0.2, -0.15) is 10.2 Å². The Morgan fingerprint density at radius 2 is 1.88 bits per heavy atom. The number of benzene rings is 2. The average Bonchev–Trinajstić information content (AvgIpc) is 3.61. The number of esters is 1. The smallest absolute Gasteiger partial charge is 0.308 e. The third-order valence-electron chi connectivity index (χ3n) is 8.19. The number of methoxy groups -OCH3 is 1. The molecule has 1 aliphatic heterocycles. The van der Waals surface area contributed by atoms with Crippen molar-refractivity contribution in [2.45, 2.75) is 57.1 Å². The van der Waals surface area contributed by atoms with Crippen LogP contribution in [0.4, 0.5) is 10.1 Å². The molecule has 2 aromatic carbocycles. The molecule has 1 N–H and O–H groups in total. The maximum absolute atomic E-state index is 15.0. The van der Waals surface area contributed by atoms with E-state index in [1.165, 1.54) is 13.2 Å². The number of nitrogens with zero attached hydrogens (tertiary/aromatic N) is 3. The van der Waals surface area contributed by atoms with Gasteiger partial charge in [-0.3, -0.25) is 23.9 Å². The van der Waals surface area contributed by atoms with Crippen LogP contribution in [0.1, 0.15) is 54.6 Å². The Bertz CT molecular complexity index is 1490. The fraction of sp³-hybridized carbons (Fsp3) is 0.484. The highest BCUT2D eigenvalue weighted by molar-refractivity contribution is 6.34. The van der Waals surface area contributed by atoms with Gasteiger partial charge in [0.1, 0.15) is 12.4 Å². The van der Waals surface area contributed by atoms with Crippen LogP contribution >= 0.6 is 11.6 Å². The fourth-order valence-electron chi connectivity index (χ4n) is 5.83. The minimum atomic E-state index is -0.659. The molecule has 10 nitrogen and oxygen atoms in total. The van der Waals surface area contributed by atoms with Gasteiger partial charge < -0.3 is 14.8 Å². The summed E-state index contributed by atoms with van der Waals surface area (Å²) in [6.07, 6.45) is 4.82. The number of carbonyl (C=O) groups is 3. The molecule has 1 saturated carbocycles. The summed E-state index contributed by atoms with van der Waals surface area (Å²) in [5, 5.41) is 9.46. The van der Waals surface area contributed by atoms with Crippen molar-refractivity contribution in [3.8, 4) is 0 Å². The standard InChI is InChI=1S/C31H36ClFN4O6/c1-36-28-8-4-3-7-24(28)29(35-36)30(39)34-27-16-26(33)20(15-25(27)32)14-22(38)18-43-37-13-5-6-21(37)17-42-23-11-9-19(10-12-23)31(40)41-2/h3-4,7-8,15-16,19,21,23H,5-6,9-14,17-18H2,1-2H3,(H,34,39)/t19-,21-,23-/m0/s1. The average molecular weight is 615 g/mol. The molecule has 0 bridgehead atoms. The number of aryl methyl sites for hydroxylation is 1. The number of anilines is 1. The van der Waals surface area contributed by atoms with E-state index in [1.54, 1.807) is 22.9 Å². The normalized spacial score (nSPS) is 20.8. The van der Waals surface area contributed by atoms with Crippen LogP contribution in [0.15, 0.2) is 36.4 Å². The van der Waals surface area contributed by atoms with Gasteiger partial charge in [-0.15, -0.1) is 0 Å². The van der Waals surface area contributed by atoms with Gasteiger partial charge in [-0.1, -0.05) is 29.8 Å². The largest absolute Gasteiger partial charge is 0.469 e. The summed E-state index contributed by atoms with van der Waals surface area (Å²) in [7, 11) is 3.15. The molecule has 1 saturated heterocycles. The Kier molecular flexibility index (Phi) is 10.1. The molecule has 1 atom stereocenters. The molecule has 2 aliphatic rings. The van der Waals surface area contributed by atoms with Crippen LogP contribution < -0.4 is 5.32 Å². The topological polar surface area (TPSA) is 112 Å². The van der Waals surface area contributed by atoms with Crippen LogP contribution in [0, 0.1) is 11.7 Å². The van der Waals surface area contributed by atoms with E-state index >= 15 is 0 Å². The lowest BCUT2D eigenvalue weighted by Gasteiger charge is -2.29. The Labute approximate surface area is 254 Å². The van der Waals surface area contributed by atoms with Gasteiger partial charge in [-0.25, -0.2) is 4.39 Å². The molecule has 1 aliphatic carbocycles. The lowest BCUT2D eigenvalue weighted by Crippen LogP contribution is -2.37. The molecular formula is C31H36ClFN4O6. The molecular weight excluding hydrogens is 579 g/mol. The zero-order valence-corrected chi connectivity index (χ0v) is 25.1. The number of hydroxylamine groups is 2. The summed E-state index contributed by atoms with van der Waals surface area (Å²) < 4.78 is 27.6. The first-order valence-electron chi connectivity index (χ1n) is 14.5. The third-order valence-corrected chi connectivity index (χ3v) is 8.51. The fourth-order valence-corrected chi connectivity index (χ4v) is 6.06. The highest BCUT2D eigenvalue weighted by Crippen LogP contribution is 2.29. The first-order valence-corrected chi connectivity index (χ1v) is 14.9. The number of carbonyl (C=O) groups excluding carboxylic acids is 3. The molecule has 2 heterocycles. The van der Waals surface area contributed by atoms with E-state index in [0.717, 1.165) is 50.1 Å². The number of fused-ring (bicyclic) bond motifs is 1. The lowest BCUT2D eigenvalue weighted by atomic mass is 9.87. The third kappa shape index (κ3) is 7.41. The molecule has 0 radical (unpaired) electrons. The van der Waals surface area contributed by atoms with Crippen molar-refractivity contribution in [3.63, 3.8) is 0 Å². The predicted octanol–water partition coefficient (Wildman–Crippen LogP) is 4.87. The summed E-state index contributed by atoms with van der Waals surface area (Å²) in [5.41, 5.74) is 1.18. The summed E-state index contributed by atoms with van der Waals surface area (Å²) in [4.78, 5) is 43.2. The summed E-state index contributed by atoms with van der Waals surface area (Å²) >= 11 is 6.37. The van der Waals surface area contributed by atoms with Crippen molar-refractivity contribution < 1.29 is 33.1 Å². The summed E-state index contributed by atoms with van der Waals surface area (Å²) in [6.45, 7) is 0.951. The van der Waals surface area contributed by atoms with Gasteiger partial charge in [0.15, 0.2) is 11.5 Å². The number of nitrogens with one attached hydrogen (secondary N) is 1. The van der Waals surface area contributed by atoms with Crippen molar-refractivity contribution >= 4 is 45.9 Å². The molecule has 2 fully saturated rings. The Morgan fingerprint density at radius 1 is 1.12 bits per heavy atom. The van der Waals surface area contributed by atoms with Gasteiger partial charge in [-0.05, 0) is 62.3 Å². The van der Waals surface area contributed by atoms with Crippen LogP contribution in [0.2, 0.25) is 5.02 Å². The number of para-hydroxylation sites is 1. The molecule has 0 unspecified atom stereocenters. The van der Waals surface area contributed by atoms with Crippen molar-refractivity contribution in [2.75, 3.05) is 32.2 Å². The van der Waals surface area contributed by atoms with E-state index in [0.29, 0.717) is 18.5 Å². The Hall–Kier alpha value is -3.38. The van der Waals surface area contributed by atoms with Crippen LogP contribution in [0.5, 0.6) is 0 Å². The first-order chi connectivity index (χ1) is 20.7. The minimum absolute atomic E-state index is 0.0245. The van der Waals surface area contributed by atoms with Crippen LogP contribution in [-0.4, -0.2) is 71.5 Å². The van der Waals surface area contributed by atoms with E-state index in [-0.39, 0.29) is 64.8 Å². The SMILES string of the molecule is COC(=O)[C@H]1CC[C@H](OC[C@@H]2CCCN2OCC(=O)Cc2cc(Cl)c(NC(=O)c3nn(C)c4ccccc34)cc2F)CC1. The Morgan fingerprint density at radius 3 is 2.65 bits per heavy atom. The van der Waals surface area contributed by atoms with Gasteiger partial charge >= 0.3 is 5.97 Å². The highest BCUT2D eigenvalue weighted by atomic mass is 35.5. The highest BCUT2D eigenvalue weighted by Gasteiger charge is 2.31. The summed E-state index contributed by atoms with van der Waals surface area (Å²) in [5.74, 6) is -1.69. The number of ketones is 1. The molecule has 12 heteroatoms. The predicted molar refractivity (Wildman–Crippen MR) is 158 cm³/mol. The van der Waals surface area contributed by atoms with E-state index in [9.17, 15) is 18.8 Å². The van der Waals surface area contributed by atoms with Gasteiger partial charge in [0, 0.05) is 25.4 Å². The van der Waals surface area contributed by atoms with Gasteiger partial charge in [0.2, 0.25) is 0 Å². The second kappa shape index (κ2) is 13.9. The maximum atomic E-state index is 15.0. The van der Waals surface area contributed by atoms with Crippen molar-refractivity contribution in [1.82, 2.24) is 14.8 Å². The quantitative estimate of drug-likeness (QED) is 0.304. The van der Waals surface area contributed by atoms with Gasteiger partial charge in [0.05, 0.1) is 48.0 Å². The van der Waals surface area contributed by atoms with E-state index < -0.39 is 11.7 Å². The number of ether oxygens (including phenoxy) is 2. The monoisotopic (exact) mass is 614 g/mol. The number of halogens is 2. The van der Waals surface area contributed by atoms with Crippen molar-refractivity contribution in [1.29, 1.82) is 0 Å². The number of Topliss-reactive ketones (excluding diaryl/α,β-unsaturated/α-hetero) is 1. The number of hydrogen-bond donors (Lipinski definition) is 1. The molecule has 0 spiro atoms. The molecule has 1 aromatic heterocycles. The van der Waals surface area contributed by atoms with E-state index in [2.05, 4.69) is 10.4 Å². The molecule has 1 amide bonds. The number of aromatic nitrogens is 2. The number of amides is 1. The number of hydrogen-bond acceptors (Lipinski definition) is 8. The minimum Gasteiger partial charge on any atom is -0.469 e. The summed E-state index contributed by atoms with van der Waals surface area (Å²) in [6, 6.07) is 9.78. The zero-order chi connectivity index (χ0) is 30.5. The second-order valence-electron chi connectivity index (χ2n) is 11.1. The Balaban J connectivity index is 1.10. The molecule has 5 rings (SSSR count). The molecule has 43 heavy (non-hydrogen) atoms. The zero-order valence-electron chi connectivity index (χ0n) is 24.3. The lowest BCUT2D eigenvalue weighted by molar-refractivity contribution is -0.186. The van der Waals surface area contributed by atoms with Crippen LogP contribution in [0.3, 0.4) is 0 Å². The van der Waals surface area contributed by atoms with Crippen molar-refractivity contribution in [2.24, 2.45) is 13.0 Å². The van der Waals surface area contributed by atoms with Crippen LogP contribution in [0.25, 0.3) is 10.9 Å². The van der Waals surface area contributed by atoms with Crippen LogP contribution in [-0.2, 0) is 37.4 Å². The molecule has 3 aromatic rings. The first kappa shape index (κ1) is 31.1. The van der Waals surface area contributed by atoms with Crippen molar-refractivity contribution in [3.05, 3.63) is 58.5 Å². The molecule has 230 valence electrons. The second-order valence-corrected chi connectivity index (χ2v) is 11.5.